The summed E-state index contributed by atoms with van der Waals surface area (Å²) in [6.45, 7) is 2.03. The van der Waals surface area contributed by atoms with Gasteiger partial charge in [-0.1, -0.05) is 35.7 Å². The van der Waals surface area contributed by atoms with Gasteiger partial charge in [-0.2, -0.15) is 0 Å². The van der Waals surface area contributed by atoms with E-state index in [1.807, 2.05) is 31.2 Å². The quantitative estimate of drug-likeness (QED) is 0.794. The van der Waals surface area contributed by atoms with E-state index in [2.05, 4.69) is 16.6 Å². The molecule has 0 bridgehead atoms. The molecule has 0 aliphatic rings. The molecule has 4 nitrogen and oxygen atoms in total. The Morgan fingerprint density at radius 2 is 1.92 bits per heavy atom. The number of rotatable bonds is 6. The standard InChI is InChI=1S/C20H19FN2O2/c1-3-11-22-20(25)18(13-15-6-4-5-14(2)12-15)23-19(24)16-7-9-17(21)10-8-16/h1,4-10,12,18H,11,13H2,2H3,(H,22,25)(H,23,24)/t18-/m0/s1. The molecule has 0 radical (unpaired) electrons. The number of halogens is 1. The van der Waals surface area contributed by atoms with E-state index in [-0.39, 0.29) is 18.0 Å². The third-order valence-electron chi connectivity index (χ3n) is 3.62. The molecule has 2 N–H and O–H groups in total. The molecular weight excluding hydrogens is 319 g/mol. The summed E-state index contributed by atoms with van der Waals surface area (Å²) in [6, 6.07) is 12.0. The van der Waals surface area contributed by atoms with Crippen molar-refractivity contribution >= 4 is 11.8 Å². The van der Waals surface area contributed by atoms with Crippen LogP contribution in [0.4, 0.5) is 4.39 Å². The van der Waals surface area contributed by atoms with Crippen LogP contribution in [0.2, 0.25) is 0 Å². The normalized spacial score (nSPS) is 11.2. The molecule has 0 unspecified atom stereocenters. The van der Waals surface area contributed by atoms with E-state index in [1.165, 1.54) is 24.3 Å². The molecule has 5 heteroatoms. The number of benzene rings is 2. The summed E-state index contributed by atoms with van der Waals surface area (Å²) in [5, 5.41) is 5.27. The summed E-state index contributed by atoms with van der Waals surface area (Å²) in [5.74, 6) is 1.08. The van der Waals surface area contributed by atoms with E-state index >= 15 is 0 Å². The Bertz CT molecular complexity index is 794. The molecule has 0 spiro atoms. The molecule has 0 saturated heterocycles. The first-order valence-electron chi connectivity index (χ1n) is 7.82. The maximum Gasteiger partial charge on any atom is 0.251 e. The average Bonchev–Trinajstić information content (AvgIpc) is 2.59. The number of amides is 2. The van der Waals surface area contributed by atoms with E-state index in [0.29, 0.717) is 6.42 Å². The van der Waals surface area contributed by atoms with Crippen molar-refractivity contribution < 1.29 is 14.0 Å². The van der Waals surface area contributed by atoms with Crippen LogP contribution in [-0.2, 0) is 11.2 Å². The second-order valence-corrected chi connectivity index (χ2v) is 5.65. The van der Waals surface area contributed by atoms with Gasteiger partial charge in [0.2, 0.25) is 5.91 Å². The lowest BCUT2D eigenvalue weighted by Gasteiger charge is -2.18. The van der Waals surface area contributed by atoms with Crippen molar-refractivity contribution in [3.63, 3.8) is 0 Å². The maximum atomic E-state index is 13.0. The predicted molar refractivity (Wildman–Crippen MR) is 94.4 cm³/mol. The van der Waals surface area contributed by atoms with E-state index in [9.17, 15) is 14.0 Å². The van der Waals surface area contributed by atoms with Gasteiger partial charge < -0.3 is 10.6 Å². The van der Waals surface area contributed by atoms with Gasteiger partial charge in [-0.05, 0) is 36.8 Å². The number of carbonyl (C=O) groups excluding carboxylic acids is 2. The molecule has 2 rings (SSSR count). The van der Waals surface area contributed by atoms with E-state index in [1.54, 1.807) is 0 Å². The second-order valence-electron chi connectivity index (χ2n) is 5.65. The van der Waals surface area contributed by atoms with E-state index < -0.39 is 17.8 Å². The zero-order valence-electron chi connectivity index (χ0n) is 13.9. The number of hydrogen-bond donors (Lipinski definition) is 2. The number of aryl methyl sites for hydroxylation is 1. The molecule has 0 fully saturated rings. The van der Waals surface area contributed by atoms with Gasteiger partial charge in [-0.3, -0.25) is 9.59 Å². The molecule has 128 valence electrons. The number of carbonyl (C=O) groups is 2. The lowest BCUT2D eigenvalue weighted by atomic mass is 10.0. The van der Waals surface area contributed by atoms with Crippen LogP contribution in [0.3, 0.4) is 0 Å². The Kier molecular flexibility index (Phi) is 6.30. The van der Waals surface area contributed by atoms with Crippen LogP contribution < -0.4 is 10.6 Å². The third-order valence-corrected chi connectivity index (χ3v) is 3.62. The first-order chi connectivity index (χ1) is 12.0. The van der Waals surface area contributed by atoms with Gasteiger partial charge in [0.05, 0.1) is 6.54 Å². The predicted octanol–water partition coefficient (Wildman–Crippen LogP) is 2.22. The lowest BCUT2D eigenvalue weighted by Crippen LogP contribution is -2.48. The van der Waals surface area contributed by atoms with Crippen LogP contribution in [0.5, 0.6) is 0 Å². The van der Waals surface area contributed by atoms with E-state index in [4.69, 9.17) is 6.42 Å². The SMILES string of the molecule is C#CCNC(=O)[C@H](Cc1cccc(C)c1)NC(=O)c1ccc(F)cc1. The van der Waals surface area contributed by atoms with Crippen molar-refractivity contribution in [1.82, 2.24) is 10.6 Å². The van der Waals surface area contributed by atoms with Gasteiger partial charge >= 0.3 is 0 Å². The fraction of sp³-hybridized carbons (Fsp3) is 0.200. The zero-order chi connectivity index (χ0) is 18.2. The minimum absolute atomic E-state index is 0.0789. The van der Waals surface area contributed by atoms with Crippen molar-refractivity contribution in [2.24, 2.45) is 0 Å². The second kappa shape index (κ2) is 8.65. The molecule has 0 saturated carbocycles. The Morgan fingerprint density at radius 1 is 1.20 bits per heavy atom. The molecule has 1 atom stereocenters. The first-order valence-corrected chi connectivity index (χ1v) is 7.82. The van der Waals surface area contributed by atoms with Gasteiger partial charge in [0.25, 0.3) is 5.91 Å². The zero-order valence-corrected chi connectivity index (χ0v) is 13.9. The minimum atomic E-state index is -0.785. The smallest absolute Gasteiger partial charge is 0.251 e. The molecule has 0 aliphatic heterocycles. The number of hydrogen-bond acceptors (Lipinski definition) is 2. The Hall–Kier alpha value is -3.13. The van der Waals surface area contributed by atoms with Crippen LogP contribution in [0.15, 0.2) is 48.5 Å². The van der Waals surface area contributed by atoms with Crippen LogP contribution in [0.25, 0.3) is 0 Å². The maximum absolute atomic E-state index is 13.0. The van der Waals surface area contributed by atoms with Crippen molar-refractivity contribution in [3.05, 3.63) is 71.0 Å². The van der Waals surface area contributed by atoms with E-state index in [0.717, 1.165) is 11.1 Å². The van der Waals surface area contributed by atoms with Crippen LogP contribution in [0, 0.1) is 25.1 Å². The summed E-state index contributed by atoms with van der Waals surface area (Å²) in [4.78, 5) is 24.7. The number of terminal acetylenes is 1. The highest BCUT2D eigenvalue weighted by Crippen LogP contribution is 2.09. The highest BCUT2D eigenvalue weighted by molar-refractivity contribution is 5.97. The molecule has 2 aromatic rings. The molecular formula is C20H19FN2O2. The van der Waals surface area contributed by atoms with Crippen LogP contribution in [-0.4, -0.2) is 24.4 Å². The fourth-order valence-corrected chi connectivity index (χ4v) is 2.39. The van der Waals surface area contributed by atoms with Gasteiger partial charge in [-0.15, -0.1) is 6.42 Å². The summed E-state index contributed by atoms with van der Waals surface area (Å²) in [5.41, 5.74) is 2.26. The molecule has 0 aliphatic carbocycles. The Morgan fingerprint density at radius 3 is 2.56 bits per heavy atom. The lowest BCUT2D eigenvalue weighted by molar-refractivity contribution is -0.122. The van der Waals surface area contributed by atoms with Gasteiger partial charge in [0.15, 0.2) is 0 Å². The van der Waals surface area contributed by atoms with Gasteiger partial charge in [0, 0.05) is 12.0 Å². The average molecular weight is 338 g/mol. The molecule has 0 aromatic heterocycles. The highest BCUT2D eigenvalue weighted by Gasteiger charge is 2.21. The van der Waals surface area contributed by atoms with Crippen molar-refractivity contribution in [2.75, 3.05) is 6.54 Å². The largest absolute Gasteiger partial charge is 0.343 e. The summed E-state index contributed by atoms with van der Waals surface area (Å²) >= 11 is 0. The molecule has 25 heavy (non-hydrogen) atoms. The molecule has 0 heterocycles. The van der Waals surface area contributed by atoms with Crippen LogP contribution in [0.1, 0.15) is 21.5 Å². The van der Waals surface area contributed by atoms with Crippen molar-refractivity contribution in [3.8, 4) is 12.3 Å². The summed E-state index contributed by atoms with van der Waals surface area (Å²) in [7, 11) is 0. The summed E-state index contributed by atoms with van der Waals surface area (Å²) < 4.78 is 13.0. The minimum Gasteiger partial charge on any atom is -0.343 e. The van der Waals surface area contributed by atoms with Gasteiger partial charge in [0.1, 0.15) is 11.9 Å². The Labute approximate surface area is 146 Å². The molecule has 2 amide bonds. The molecule has 2 aromatic carbocycles. The Balaban J connectivity index is 2.15. The highest BCUT2D eigenvalue weighted by atomic mass is 19.1. The van der Waals surface area contributed by atoms with Crippen molar-refractivity contribution in [2.45, 2.75) is 19.4 Å². The topological polar surface area (TPSA) is 58.2 Å². The number of nitrogens with one attached hydrogen (secondary N) is 2. The third kappa shape index (κ3) is 5.47. The monoisotopic (exact) mass is 338 g/mol. The van der Waals surface area contributed by atoms with Gasteiger partial charge in [-0.25, -0.2) is 4.39 Å². The van der Waals surface area contributed by atoms with Crippen molar-refractivity contribution in [1.29, 1.82) is 0 Å². The summed E-state index contributed by atoms with van der Waals surface area (Å²) in [6.07, 6.45) is 5.49. The fourth-order valence-electron chi connectivity index (χ4n) is 2.39. The van der Waals surface area contributed by atoms with Crippen LogP contribution >= 0.6 is 0 Å². The first kappa shape index (κ1) is 18.2.